The molecule has 0 saturated carbocycles. The molecule has 2 aliphatic heterocycles. The van der Waals surface area contributed by atoms with Gasteiger partial charge in [0, 0.05) is 18.6 Å². The van der Waals surface area contributed by atoms with Crippen molar-refractivity contribution in [2.75, 3.05) is 18.0 Å². The number of fused-ring (bicyclic) bond motifs is 1. The van der Waals surface area contributed by atoms with Crippen LogP contribution >= 0.6 is 11.3 Å². The van der Waals surface area contributed by atoms with Gasteiger partial charge in [0.2, 0.25) is 0 Å². The van der Waals surface area contributed by atoms with Gasteiger partial charge in [-0.1, -0.05) is 0 Å². The van der Waals surface area contributed by atoms with Crippen LogP contribution in [0, 0.1) is 0 Å². The first-order valence-corrected chi connectivity index (χ1v) is 6.36. The van der Waals surface area contributed by atoms with E-state index >= 15 is 0 Å². The van der Waals surface area contributed by atoms with Gasteiger partial charge in [0.05, 0.1) is 5.00 Å². The van der Waals surface area contributed by atoms with Crippen LogP contribution in [0.25, 0.3) is 0 Å². The zero-order valence-electron chi connectivity index (χ0n) is 8.28. The van der Waals surface area contributed by atoms with Crippen LogP contribution in [0.15, 0.2) is 17.5 Å². The Balaban J connectivity index is 1.84. The average Bonchev–Trinajstić information content (AvgIpc) is 2.88. The van der Waals surface area contributed by atoms with Gasteiger partial charge in [0.1, 0.15) is 0 Å². The number of thiophene rings is 1. The fourth-order valence-corrected chi connectivity index (χ4v) is 3.59. The van der Waals surface area contributed by atoms with Crippen LogP contribution in [0.4, 0.5) is 5.00 Å². The van der Waals surface area contributed by atoms with Gasteiger partial charge in [0.15, 0.2) is 0 Å². The van der Waals surface area contributed by atoms with E-state index in [9.17, 15) is 0 Å². The van der Waals surface area contributed by atoms with Crippen molar-refractivity contribution >= 4 is 16.3 Å². The molecule has 0 bridgehead atoms. The first kappa shape index (κ1) is 8.74. The lowest BCUT2D eigenvalue weighted by molar-refractivity contribution is 0.414. The summed E-state index contributed by atoms with van der Waals surface area (Å²) in [6, 6.07) is 5.94. The third-order valence-electron chi connectivity index (χ3n) is 3.41. The molecule has 2 fully saturated rings. The van der Waals surface area contributed by atoms with Crippen LogP contribution in [-0.2, 0) is 0 Å². The predicted molar refractivity (Wildman–Crippen MR) is 61.1 cm³/mol. The van der Waals surface area contributed by atoms with Gasteiger partial charge in [-0.2, -0.15) is 0 Å². The number of hydrogen-bond donors (Lipinski definition) is 1. The summed E-state index contributed by atoms with van der Waals surface area (Å²) in [6.45, 7) is 2.46. The van der Waals surface area contributed by atoms with Crippen LogP contribution in [0.1, 0.15) is 19.3 Å². The van der Waals surface area contributed by atoms with Gasteiger partial charge in [-0.25, -0.2) is 0 Å². The van der Waals surface area contributed by atoms with E-state index in [-0.39, 0.29) is 0 Å². The zero-order chi connectivity index (χ0) is 9.38. The second-order valence-corrected chi connectivity index (χ2v) is 5.13. The van der Waals surface area contributed by atoms with Crippen LogP contribution < -0.4 is 10.2 Å². The van der Waals surface area contributed by atoms with Crippen molar-refractivity contribution in [3.05, 3.63) is 17.5 Å². The van der Waals surface area contributed by atoms with E-state index in [1.807, 2.05) is 11.3 Å². The SMILES string of the molecule is c1csc(N2CCCC3NCCC32)c1. The molecule has 1 aromatic heterocycles. The summed E-state index contributed by atoms with van der Waals surface area (Å²) >= 11 is 1.88. The topological polar surface area (TPSA) is 15.3 Å². The lowest BCUT2D eigenvalue weighted by Crippen LogP contribution is -2.48. The van der Waals surface area contributed by atoms with Crippen LogP contribution in [-0.4, -0.2) is 25.2 Å². The Hall–Kier alpha value is -0.540. The van der Waals surface area contributed by atoms with E-state index in [2.05, 4.69) is 27.7 Å². The smallest absolute Gasteiger partial charge is 0.0911 e. The molecule has 76 valence electrons. The highest BCUT2D eigenvalue weighted by molar-refractivity contribution is 7.14. The van der Waals surface area contributed by atoms with Gasteiger partial charge in [-0.15, -0.1) is 11.3 Å². The quantitative estimate of drug-likeness (QED) is 0.760. The second kappa shape index (κ2) is 3.55. The normalized spacial score (nSPS) is 31.9. The number of rotatable bonds is 1. The fraction of sp³-hybridized carbons (Fsp3) is 0.636. The Morgan fingerprint density at radius 3 is 3.29 bits per heavy atom. The molecule has 3 heterocycles. The molecule has 2 unspecified atom stereocenters. The van der Waals surface area contributed by atoms with Crippen LogP contribution in [0.5, 0.6) is 0 Å². The van der Waals surface area contributed by atoms with Gasteiger partial charge in [-0.3, -0.25) is 0 Å². The highest BCUT2D eigenvalue weighted by Crippen LogP contribution is 2.32. The molecule has 1 aromatic rings. The Labute approximate surface area is 88.9 Å². The molecule has 1 N–H and O–H groups in total. The molecule has 0 amide bonds. The summed E-state index contributed by atoms with van der Waals surface area (Å²) in [5.41, 5.74) is 0. The summed E-state index contributed by atoms with van der Waals surface area (Å²) in [5.74, 6) is 0. The Kier molecular flexibility index (Phi) is 2.22. The van der Waals surface area contributed by atoms with Crippen molar-refractivity contribution in [1.29, 1.82) is 0 Å². The molecule has 0 aromatic carbocycles. The standard InChI is InChI=1S/C11H16N2S/c1-3-9-10(5-6-12-9)13(7-1)11-4-2-8-14-11/h2,4,8-10,12H,1,3,5-7H2. The largest absolute Gasteiger partial charge is 0.359 e. The summed E-state index contributed by atoms with van der Waals surface area (Å²) < 4.78 is 0. The van der Waals surface area contributed by atoms with E-state index in [1.165, 1.54) is 37.4 Å². The van der Waals surface area contributed by atoms with Gasteiger partial charge < -0.3 is 10.2 Å². The first-order chi connectivity index (χ1) is 6.95. The Bertz CT molecular complexity index is 296. The maximum atomic E-state index is 3.61. The fourth-order valence-electron chi connectivity index (χ4n) is 2.78. The molecule has 0 spiro atoms. The van der Waals surface area contributed by atoms with Crippen LogP contribution in [0.2, 0.25) is 0 Å². The van der Waals surface area contributed by atoms with Gasteiger partial charge >= 0.3 is 0 Å². The maximum Gasteiger partial charge on any atom is 0.0911 e. The highest BCUT2D eigenvalue weighted by Gasteiger charge is 2.34. The van der Waals surface area contributed by atoms with Gasteiger partial charge in [0.25, 0.3) is 0 Å². The van der Waals surface area contributed by atoms with Crippen molar-refractivity contribution in [3.63, 3.8) is 0 Å². The molecule has 2 aliphatic rings. The van der Waals surface area contributed by atoms with Crippen molar-refractivity contribution in [2.45, 2.75) is 31.3 Å². The zero-order valence-corrected chi connectivity index (χ0v) is 9.09. The van der Waals surface area contributed by atoms with E-state index in [1.54, 1.807) is 0 Å². The molecule has 3 heteroatoms. The van der Waals surface area contributed by atoms with Crippen molar-refractivity contribution in [1.82, 2.24) is 5.32 Å². The summed E-state index contributed by atoms with van der Waals surface area (Å²) in [6.07, 6.45) is 4.03. The average molecular weight is 208 g/mol. The molecule has 2 saturated heterocycles. The third-order valence-corrected chi connectivity index (χ3v) is 4.32. The van der Waals surface area contributed by atoms with E-state index in [0.717, 1.165) is 12.1 Å². The van der Waals surface area contributed by atoms with Crippen LogP contribution in [0.3, 0.4) is 0 Å². The van der Waals surface area contributed by atoms with Crippen molar-refractivity contribution in [3.8, 4) is 0 Å². The molecule has 14 heavy (non-hydrogen) atoms. The lowest BCUT2D eigenvalue weighted by atomic mass is 9.98. The van der Waals surface area contributed by atoms with E-state index in [4.69, 9.17) is 0 Å². The summed E-state index contributed by atoms with van der Waals surface area (Å²) in [4.78, 5) is 2.61. The van der Waals surface area contributed by atoms with E-state index < -0.39 is 0 Å². The molecule has 3 rings (SSSR count). The molecule has 0 aliphatic carbocycles. The van der Waals surface area contributed by atoms with Crippen molar-refractivity contribution < 1.29 is 0 Å². The number of nitrogens with zero attached hydrogens (tertiary/aromatic N) is 1. The van der Waals surface area contributed by atoms with Gasteiger partial charge in [-0.05, 0) is 43.3 Å². The monoisotopic (exact) mass is 208 g/mol. The first-order valence-electron chi connectivity index (χ1n) is 5.49. The molecule has 0 radical (unpaired) electrons. The molecule has 2 atom stereocenters. The third kappa shape index (κ3) is 1.35. The Morgan fingerprint density at radius 1 is 1.43 bits per heavy atom. The minimum atomic E-state index is 0.755. The molecular weight excluding hydrogens is 192 g/mol. The summed E-state index contributed by atoms with van der Waals surface area (Å²) in [5, 5.41) is 7.26. The number of anilines is 1. The molecular formula is C11H16N2S. The maximum absolute atomic E-state index is 3.61. The second-order valence-electron chi connectivity index (χ2n) is 4.20. The highest BCUT2D eigenvalue weighted by atomic mass is 32.1. The minimum Gasteiger partial charge on any atom is -0.359 e. The predicted octanol–water partition coefficient (Wildman–Crippen LogP) is 2.08. The van der Waals surface area contributed by atoms with Crippen molar-refractivity contribution in [2.24, 2.45) is 0 Å². The number of nitrogens with one attached hydrogen (secondary N) is 1. The molecule has 2 nitrogen and oxygen atoms in total. The lowest BCUT2D eigenvalue weighted by Gasteiger charge is -2.38. The summed E-state index contributed by atoms with van der Waals surface area (Å²) in [7, 11) is 0. The Morgan fingerprint density at radius 2 is 2.43 bits per heavy atom. The number of hydrogen-bond acceptors (Lipinski definition) is 3. The number of piperidine rings is 1. The van der Waals surface area contributed by atoms with E-state index in [0.29, 0.717) is 0 Å². The minimum absolute atomic E-state index is 0.755.